The highest BCUT2D eigenvalue weighted by Crippen LogP contribution is 2.30. The molecule has 0 bridgehead atoms. The highest BCUT2D eigenvalue weighted by atomic mass is 35.5. The standard InChI is InChI=1S/C20H17ClN2O/c1-13-17(10-16-5-3-7-23-20(16)24)8-14(12-22)9-19(13)15-4-2-6-18(21)11-15/h2,4,6,8-11H,3,5,7H2,1H3,(H,23,24)/b16-10+. The van der Waals surface area contributed by atoms with Gasteiger partial charge >= 0.3 is 0 Å². The Kier molecular flexibility index (Phi) is 4.69. The number of piperidine rings is 1. The number of benzene rings is 2. The van der Waals surface area contributed by atoms with Crippen molar-refractivity contribution in [3.63, 3.8) is 0 Å². The lowest BCUT2D eigenvalue weighted by atomic mass is 9.92. The monoisotopic (exact) mass is 336 g/mol. The average Bonchev–Trinajstić information content (AvgIpc) is 2.58. The molecular weight excluding hydrogens is 320 g/mol. The third-order valence-corrected chi connectivity index (χ3v) is 4.48. The smallest absolute Gasteiger partial charge is 0.247 e. The molecule has 0 radical (unpaired) electrons. The molecule has 0 atom stereocenters. The molecule has 1 heterocycles. The maximum Gasteiger partial charge on any atom is 0.247 e. The summed E-state index contributed by atoms with van der Waals surface area (Å²) < 4.78 is 0. The van der Waals surface area contributed by atoms with Gasteiger partial charge in [-0.3, -0.25) is 4.79 Å². The Morgan fingerprint density at radius 2 is 2.12 bits per heavy atom. The molecule has 1 aliphatic heterocycles. The molecule has 1 N–H and O–H groups in total. The number of hydrogen-bond donors (Lipinski definition) is 1. The Hall–Kier alpha value is -2.57. The van der Waals surface area contributed by atoms with E-state index < -0.39 is 0 Å². The van der Waals surface area contributed by atoms with Gasteiger partial charge in [-0.05, 0) is 72.4 Å². The van der Waals surface area contributed by atoms with E-state index in [4.69, 9.17) is 11.6 Å². The number of carbonyl (C=O) groups excluding carboxylic acids is 1. The Balaban J connectivity index is 2.14. The molecule has 4 heteroatoms. The summed E-state index contributed by atoms with van der Waals surface area (Å²) in [5.41, 5.74) is 5.18. The van der Waals surface area contributed by atoms with Gasteiger partial charge in [-0.2, -0.15) is 5.26 Å². The number of carbonyl (C=O) groups is 1. The van der Waals surface area contributed by atoms with E-state index in [1.807, 2.05) is 49.4 Å². The Bertz CT molecular complexity index is 878. The minimum absolute atomic E-state index is 0.0210. The van der Waals surface area contributed by atoms with Crippen molar-refractivity contribution in [1.82, 2.24) is 5.32 Å². The van der Waals surface area contributed by atoms with E-state index in [1.54, 1.807) is 0 Å². The second kappa shape index (κ2) is 6.90. The molecule has 1 amide bonds. The van der Waals surface area contributed by atoms with Crippen molar-refractivity contribution in [3.8, 4) is 17.2 Å². The van der Waals surface area contributed by atoms with Crippen molar-refractivity contribution in [1.29, 1.82) is 5.26 Å². The first kappa shape index (κ1) is 16.3. The summed E-state index contributed by atoms with van der Waals surface area (Å²) in [7, 11) is 0. The van der Waals surface area contributed by atoms with Crippen LogP contribution >= 0.6 is 11.6 Å². The minimum atomic E-state index is -0.0210. The second-order valence-electron chi connectivity index (χ2n) is 5.89. The zero-order valence-electron chi connectivity index (χ0n) is 13.4. The van der Waals surface area contributed by atoms with Crippen LogP contribution in [-0.4, -0.2) is 12.5 Å². The summed E-state index contributed by atoms with van der Waals surface area (Å²) >= 11 is 6.11. The fraction of sp³-hybridized carbons (Fsp3) is 0.200. The van der Waals surface area contributed by atoms with Crippen molar-refractivity contribution in [2.75, 3.05) is 6.54 Å². The molecule has 1 fully saturated rings. The van der Waals surface area contributed by atoms with Gasteiger partial charge in [0.05, 0.1) is 11.6 Å². The van der Waals surface area contributed by atoms with E-state index in [0.717, 1.165) is 47.2 Å². The highest BCUT2D eigenvalue weighted by molar-refractivity contribution is 6.30. The fourth-order valence-corrected chi connectivity index (χ4v) is 3.13. The maximum atomic E-state index is 12.0. The van der Waals surface area contributed by atoms with E-state index >= 15 is 0 Å². The third kappa shape index (κ3) is 3.34. The molecule has 0 saturated carbocycles. The van der Waals surface area contributed by atoms with Crippen molar-refractivity contribution in [2.24, 2.45) is 0 Å². The first-order chi connectivity index (χ1) is 11.6. The molecule has 0 spiro atoms. The van der Waals surface area contributed by atoms with Crippen LogP contribution in [0, 0.1) is 18.3 Å². The molecule has 0 unspecified atom stereocenters. The first-order valence-electron chi connectivity index (χ1n) is 7.88. The van der Waals surface area contributed by atoms with Gasteiger partial charge < -0.3 is 5.32 Å². The Morgan fingerprint density at radius 1 is 1.29 bits per heavy atom. The van der Waals surface area contributed by atoms with Crippen LogP contribution in [-0.2, 0) is 4.79 Å². The number of nitrogens with one attached hydrogen (secondary N) is 1. The van der Waals surface area contributed by atoms with Crippen LogP contribution in [0.15, 0.2) is 42.0 Å². The van der Waals surface area contributed by atoms with Crippen LogP contribution in [0.1, 0.15) is 29.5 Å². The topological polar surface area (TPSA) is 52.9 Å². The summed E-state index contributed by atoms with van der Waals surface area (Å²) in [6.45, 7) is 2.73. The molecule has 1 saturated heterocycles. The van der Waals surface area contributed by atoms with Crippen molar-refractivity contribution < 1.29 is 4.79 Å². The molecule has 3 rings (SSSR count). The first-order valence-corrected chi connectivity index (χ1v) is 8.26. The largest absolute Gasteiger partial charge is 0.352 e. The molecule has 120 valence electrons. The third-order valence-electron chi connectivity index (χ3n) is 4.24. The molecule has 0 aromatic heterocycles. The molecule has 2 aromatic rings. The fourth-order valence-electron chi connectivity index (χ4n) is 2.94. The highest BCUT2D eigenvalue weighted by Gasteiger charge is 2.16. The predicted molar refractivity (Wildman–Crippen MR) is 96.6 cm³/mol. The Morgan fingerprint density at radius 3 is 2.83 bits per heavy atom. The van der Waals surface area contributed by atoms with Gasteiger partial charge in [0.15, 0.2) is 0 Å². The van der Waals surface area contributed by atoms with Gasteiger partial charge in [0, 0.05) is 17.1 Å². The van der Waals surface area contributed by atoms with E-state index in [-0.39, 0.29) is 5.91 Å². The molecule has 24 heavy (non-hydrogen) atoms. The van der Waals surface area contributed by atoms with E-state index in [9.17, 15) is 10.1 Å². The maximum absolute atomic E-state index is 12.0. The normalized spacial score (nSPS) is 15.9. The lowest BCUT2D eigenvalue weighted by molar-refractivity contribution is -0.118. The number of halogens is 1. The van der Waals surface area contributed by atoms with E-state index in [0.29, 0.717) is 10.6 Å². The molecule has 2 aromatic carbocycles. The van der Waals surface area contributed by atoms with Gasteiger partial charge in [-0.15, -0.1) is 0 Å². The van der Waals surface area contributed by atoms with Crippen LogP contribution in [0.3, 0.4) is 0 Å². The summed E-state index contributed by atoms with van der Waals surface area (Å²) in [4.78, 5) is 12.0. The quantitative estimate of drug-likeness (QED) is 0.822. The summed E-state index contributed by atoms with van der Waals surface area (Å²) in [6, 6.07) is 13.5. The van der Waals surface area contributed by atoms with Gasteiger partial charge in [-0.1, -0.05) is 23.7 Å². The zero-order valence-corrected chi connectivity index (χ0v) is 14.2. The van der Waals surface area contributed by atoms with Gasteiger partial charge in [0.1, 0.15) is 0 Å². The zero-order chi connectivity index (χ0) is 17.1. The van der Waals surface area contributed by atoms with Crippen LogP contribution in [0.4, 0.5) is 0 Å². The molecule has 3 nitrogen and oxygen atoms in total. The summed E-state index contributed by atoms with van der Waals surface area (Å²) in [5.74, 6) is -0.0210. The second-order valence-corrected chi connectivity index (χ2v) is 6.33. The number of hydrogen-bond acceptors (Lipinski definition) is 2. The van der Waals surface area contributed by atoms with Crippen LogP contribution in [0.25, 0.3) is 17.2 Å². The average molecular weight is 337 g/mol. The molecular formula is C20H17ClN2O. The van der Waals surface area contributed by atoms with Crippen molar-refractivity contribution in [2.45, 2.75) is 19.8 Å². The van der Waals surface area contributed by atoms with Gasteiger partial charge in [0.25, 0.3) is 0 Å². The Labute approximate surface area is 146 Å². The summed E-state index contributed by atoms with van der Waals surface area (Å²) in [6.07, 6.45) is 3.60. The lowest BCUT2D eigenvalue weighted by Crippen LogP contribution is -2.30. The lowest BCUT2D eigenvalue weighted by Gasteiger charge is -2.16. The van der Waals surface area contributed by atoms with E-state index in [2.05, 4.69) is 11.4 Å². The van der Waals surface area contributed by atoms with Gasteiger partial charge in [-0.25, -0.2) is 0 Å². The van der Waals surface area contributed by atoms with Crippen molar-refractivity contribution >= 4 is 23.6 Å². The van der Waals surface area contributed by atoms with Crippen LogP contribution < -0.4 is 5.32 Å². The molecule has 0 aliphatic carbocycles. The number of amides is 1. The van der Waals surface area contributed by atoms with E-state index in [1.165, 1.54) is 0 Å². The predicted octanol–water partition coefficient (Wildman–Crippen LogP) is 4.48. The van der Waals surface area contributed by atoms with Crippen LogP contribution in [0.5, 0.6) is 0 Å². The number of nitrogens with zero attached hydrogens (tertiary/aromatic N) is 1. The van der Waals surface area contributed by atoms with Crippen molar-refractivity contribution in [3.05, 3.63) is 63.7 Å². The number of nitriles is 1. The SMILES string of the molecule is Cc1c(/C=C2\CCCNC2=O)cc(C#N)cc1-c1cccc(Cl)c1. The molecule has 1 aliphatic rings. The van der Waals surface area contributed by atoms with Crippen LogP contribution in [0.2, 0.25) is 5.02 Å². The summed E-state index contributed by atoms with van der Waals surface area (Å²) in [5, 5.41) is 12.9. The minimum Gasteiger partial charge on any atom is -0.352 e. The number of rotatable bonds is 2. The van der Waals surface area contributed by atoms with Gasteiger partial charge in [0.2, 0.25) is 5.91 Å².